The molecule has 3 amide bonds. The molecule has 0 bridgehead atoms. The van der Waals surface area contributed by atoms with Crippen LogP contribution in [0.5, 0.6) is 0 Å². The maximum atomic E-state index is 14.1. The van der Waals surface area contributed by atoms with E-state index in [1.54, 1.807) is 24.0 Å². The van der Waals surface area contributed by atoms with Crippen LogP contribution >= 0.6 is 0 Å². The standard InChI is InChI=1S/C29H37FN6O4/c1-19-27(20(2)32-18-31-19)28(38)35-16-22-14-33(15-23(22)17-35)11-12-36(25-6-4-5-24(30)13-25)29(39)40-26-7-9-34(10-8-26)21(3)37/h4-6,13,18,22-23,26H,7-12,14-17H2,1-3H3. The van der Waals surface area contributed by atoms with Crippen molar-refractivity contribution in [3.05, 3.63) is 53.4 Å². The molecule has 11 heteroatoms. The van der Waals surface area contributed by atoms with Gasteiger partial charge >= 0.3 is 6.09 Å². The molecule has 1 aromatic heterocycles. The Balaban J connectivity index is 1.18. The van der Waals surface area contributed by atoms with Crippen LogP contribution in [-0.2, 0) is 9.53 Å². The lowest BCUT2D eigenvalue weighted by Crippen LogP contribution is -2.44. The molecule has 3 saturated heterocycles. The first-order valence-corrected chi connectivity index (χ1v) is 14.0. The number of halogens is 1. The van der Waals surface area contributed by atoms with Gasteiger partial charge in [0.25, 0.3) is 5.91 Å². The highest BCUT2D eigenvalue weighted by molar-refractivity contribution is 5.96. The van der Waals surface area contributed by atoms with Crippen LogP contribution in [-0.4, -0.2) is 101 Å². The van der Waals surface area contributed by atoms with Crippen molar-refractivity contribution < 1.29 is 23.5 Å². The Labute approximate surface area is 234 Å². The summed E-state index contributed by atoms with van der Waals surface area (Å²) in [6.07, 6.45) is 1.87. The van der Waals surface area contributed by atoms with Crippen LogP contribution in [0.1, 0.15) is 41.5 Å². The van der Waals surface area contributed by atoms with E-state index in [1.807, 2.05) is 18.7 Å². The van der Waals surface area contributed by atoms with Crippen molar-refractivity contribution in [3.63, 3.8) is 0 Å². The molecule has 1 aromatic carbocycles. The largest absolute Gasteiger partial charge is 0.446 e. The van der Waals surface area contributed by atoms with E-state index in [0.717, 1.165) is 13.1 Å². The highest BCUT2D eigenvalue weighted by atomic mass is 19.1. The third-order valence-corrected chi connectivity index (χ3v) is 8.42. The van der Waals surface area contributed by atoms with Gasteiger partial charge in [0.05, 0.1) is 17.0 Å². The second-order valence-electron chi connectivity index (χ2n) is 11.1. The maximum absolute atomic E-state index is 14.1. The maximum Gasteiger partial charge on any atom is 0.414 e. The van der Waals surface area contributed by atoms with Crippen LogP contribution in [0, 0.1) is 31.5 Å². The molecule has 3 aliphatic rings. The summed E-state index contributed by atoms with van der Waals surface area (Å²) in [5.41, 5.74) is 2.45. The normalized spacial score (nSPS) is 21.4. The lowest BCUT2D eigenvalue weighted by atomic mass is 10.0. The third-order valence-electron chi connectivity index (χ3n) is 8.42. The molecule has 3 aliphatic heterocycles. The number of piperidine rings is 1. The second kappa shape index (κ2) is 11.9. The number of aryl methyl sites for hydroxylation is 2. The number of aromatic nitrogens is 2. The molecule has 0 saturated carbocycles. The minimum Gasteiger partial charge on any atom is -0.446 e. The van der Waals surface area contributed by atoms with Crippen molar-refractivity contribution in [2.24, 2.45) is 11.8 Å². The van der Waals surface area contributed by atoms with Gasteiger partial charge in [0.2, 0.25) is 5.91 Å². The molecule has 2 aromatic rings. The molecule has 0 spiro atoms. The van der Waals surface area contributed by atoms with Crippen molar-refractivity contribution >= 4 is 23.6 Å². The summed E-state index contributed by atoms with van der Waals surface area (Å²) in [4.78, 5) is 54.0. The summed E-state index contributed by atoms with van der Waals surface area (Å²) in [5, 5.41) is 0. The Morgan fingerprint density at radius 1 is 1.00 bits per heavy atom. The zero-order valence-corrected chi connectivity index (χ0v) is 23.4. The molecule has 40 heavy (non-hydrogen) atoms. The zero-order valence-electron chi connectivity index (χ0n) is 23.4. The molecule has 4 heterocycles. The number of carbonyl (C=O) groups excluding carboxylic acids is 3. The predicted octanol–water partition coefficient (Wildman–Crippen LogP) is 2.89. The van der Waals surface area contributed by atoms with Crippen molar-refractivity contribution in [1.82, 2.24) is 24.7 Å². The summed E-state index contributed by atoms with van der Waals surface area (Å²) in [6.45, 7) is 10.3. The third kappa shape index (κ3) is 6.09. The number of rotatable bonds is 6. The van der Waals surface area contributed by atoms with Gasteiger partial charge in [-0.2, -0.15) is 0 Å². The average molecular weight is 553 g/mol. The van der Waals surface area contributed by atoms with Crippen LogP contribution in [0.4, 0.5) is 14.9 Å². The highest BCUT2D eigenvalue weighted by Gasteiger charge is 2.42. The molecule has 3 fully saturated rings. The lowest BCUT2D eigenvalue weighted by molar-refractivity contribution is -0.130. The van der Waals surface area contributed by atoms with Crippen LogP contribution in [0.3, 0.4) is 0 Å². The van der Waals surface area contributed by atoms with Crippen molar-refractivity contribution in [2.75, 3.05) is 57.3 Å². The van der Waals surface area contributed by atoms with E-state index in [2.05, 4.69) is 14.9 Å². The number of amides is 3. The van der Waals surface area contributed by atoms with Crippen LogP contribution in [0.15, 0.2) is 30.6 Å². The number of anilines is 1. The van der Waals surface area contributed by atoms with E-state index in [-0.39, 0.29) is 17.9 Å². The van der Waals surface area contributed by atoms with E-state index in [0.29, 0.717) is 86.6 Å². The number of ether oxygens (including phenoxy) is 1. The summed E-state index contributed by atoms with van der Waals surface area (Å²) in [7, 11) is 0. The fourth-order valence-corrected chi connectivity index (χ4v) is 6.21. The first-order chi connectivity index (χ1) is 19.2. The number of fused-ring (bicyclic) bond motifs is 1. The van der Waals surface area contributed by atoms with Crippen molar-refractivity contribution in [1.29, 1.82) is 0 Å². The number of nitrogens with zero attached hydrogens (tertiary/aromatic N) is 6. The van der Waals surface area contributed by atoms with Crippen LogP contribution < -0.4 is 4.90 Å². The average Bonchev–Trinajstić information content (AvgIpc) is 3.48. The number of hydrogen-bond donors (Lipinski definition) is 0. The molecule has 2 atom stereocenters. The van der Waals surface area contributed by atoms with Gasteiger partial charge in [0.15, 0.2) is 0 Å². The van der Waals surface area contributed by atoms with Crippen LogP contribution in [0.25, 0.3) is 0 Å². The van der Waals surface area contributed by atoms with E-state index in [1.165, 1.54) is 23.4 Å². The molecule has 0 N–H and O–H groups in total. The zero-order chi connectivity index (χ0) is 28.4. The van der Waals surface area contributed by atoms with E-state index < -0.39 is 11.9 Å². The molecule has 214 valence electrons. The summed E-state index contributed by atoms with van der Waals surface area (Å²) < 4.78 is 19.9. The van der Waals surface area contributed by atoms with Gasteiger partial charge in [-0.1, -0.05) is 6.07 Å². The van der Waals surface area contributed by atoms with E-state index in [9.17, 15) is 18.8 Å². The molecular formula is C29H37FN6O4. The Morgan fingerprint density at radius 2 is 1.65 bits per heavy atom. The topological polar surface area (TPSA) is 99.2 Å². The fourth-order valence-electron chi connectivity index (χ4n) is 6.21. The second-order valence-corrected chi connectivity index (χ2v) is 11.1. The fraction of sp³-hybridized carbons (Fsp3) is 0.552. The Morgan fingerprint density at radius 3 is 2.25 bits per heavy atom. The Kier molecular flexibility index (Phi) is 8.30. The van der Waals surface area contributed by atoms with Crippen LogP contribution in [0.2, 0.25) is 0 Å². The van der Waals surface area contributed by atoms with Gasteiger partial charge in [-0.15, -0.1) is 0 Å². The minimum absolute atomic E-state index is 0.00860. The molecular weight excluding hydrogens is 515 g/mol. The first kappa shape index (κ1) is 27.9. The van der Waals surface area contributed by atoms with Crippen molar-refractivity contribution in [3.8, 4) is 0 Å². The molecule has 5 rings (SSSR count). The number of likely N-dealkylation sites (tertiary alicyclic amines) is 3. The van der Waals surface area contributed by atoms with Gasteiger partial charge in [0, 0.05) is 77.8 Å². The van der Waals surface area contributed by atoms with Gasteiger partial charge < -0.3 is 19.4 Å². The molecule has 0 radical (unpaired) electrons. The lowest BCUT2D eigenvalue weighted by Gasteiger charge is -2.33. The van der Waals surface area contributed by atoms with Crippen molar-refractivity contribution in [2.45, 2.75) is 39.7 Å². The number of hydrogen-bond acceptors (Lipinski definition) is 7. The molecule has 0 aliphatic carbocycles. The smallest absolute Gasteiger partial charge is 0.414 e. The number of benzene rings is 1. The summed E-state index contributed by atoms with van der Waals surface area (Å²) in [6, 6.07) is 5.99. The van der Waals surface area contributed by atoms with Gasteiger partial charge in [-0.25, -0.2) is 19.2 Å². The van der Waals surface area contributed by atoms with Gasteiger partial charge in [-0.05, 0) is 43.9 Å². The van der Waals surface area contributed by atoms with E-state index in [4.69, 9.17) is 4.74 Å². The highest BCUT2D eigenvalue weighted by Crippen LogP contribution is 2.32. The quantitative estimate of drug-likeness (QED) is 0.544. The summed E-state index contributed by atoms with van der Waals surface area (Å²) >= 11 is 0. The monoisotopic (exact) mass is 552 g/mol. The Hall–Kier alpha value is -3.60. The van der Waals surface area contributed by atoms with E-state index >= 15 is 0 Å². The summed E-state index contributed by atoms with van der Waals surface area (Å²) in [5.74, 6) is 0.310. The molecule has 10 nitrogen and oxygen atoms in total. The predicted molar refractivity (Wildman–Crippen MR) is 146 cm³/mol. The van der Waals surface area contributed by atoms with Gasteiger partial charge in [0.1, 0.15) is 18.2 Å². The Bertz CT molecular complexity index is 1230. The number of carbonyl (C=O) groups is 3. The SMILES string of the molecule is CC(=O)N1CCC(OC(=O)N(CCN2CC3CN(C(=O)c4c(C)ncnc4C)CC3C2)c2cccc(F)c2)CC1. The van der Waals surface area contributed by atoms with Gasteiger partial charge in [-0.3, -0.25) is 14.5 Å². The molecule has 2 unspecified atom stereocenters. The minimum atomic E-state index is -0.501. The first-order valence-electron chi connectivity index (χ1n) is 14.0.